The minimum atomic E-state index is 0.607. The average Bonchev–Trinajstić information content (AvgIpc) is 2.83. The van der Waals surface area contributed by atoms with Gasteiger partial charge < -0.3 is 10.6 Å². The highest BCUT2D eigenvalue weighted by molar-refractivity contribution is 5.96. The van der Waals surface area contributed by atoms with Crippen molar-refractivity contribution in [3.8, 4) is 0 Å². The number of hydrogen-bond donors (Lipinski definition) is 1. The number of benzene rings is 2. The van der Waals surface area contributed by atoms with Crippen molar-refractivity contribution in [1.82, 2.24) is 0 Å². The molecule has 1 fully saturated rings. The first-order valence-electron chi connectivity index (χ1n) is 6.78. The molecule has 0 bridgehead atoms. The Morgan fingerprint density at radius 3 is 2.61 bits per heavy atom. The van der Waals surface area contributed by atoms with Gasteiger partial charge in [0.15, 0.2) is 0 Å². The summed E-state index contributed by atoms with van der Waals surface area (Å²) in [5.74, 6) is 0. The summed E-state index contributed by atoms with van der Waals surface area (Å²) in [6, 6.07) is 13.7. The van der Waals surface area contributed by atoms with Crippen LogP contribution >= 0.6 is 0 Å². The molecule has 0 aliphatic carbocycles. The number of rotatable bonds is 2. The Hall–Kier alpha value is -1.54. The first kappa shape index (κ1) is 11.5. The van der Waals surface area contributed by atoms with Crippen molar-refractivity contribution in [2.75, 3.05) is 11.4 Å². The molecule has 1 aliphatic rings. The third-order valence-corrected chi connectivity index (χ3v) is 4.07. The number of nitrogens with zero attached hydrogens (tertiary/aromatic N) is 1. The monoisotopic (exact) mass is 240 g/mol. The van der Waals surface area contributed by atoms with Crippen molar-refractivity contribution in [2.24, 2.45) is 5.73 Å². The molecule has 1 aliphatic heterocycles. The molecule has 2 aromatic rings. The van der Waals surface area contributed by atoms with Gasteiger partial charge in [0, 0.05) is 30.2 Å². The summed E-state index contributed by atoms with van der Waals surface area (Å²) in [6.07, 6.45) is 2.60. The molecule has 0 saturated carbocycles. The van der Waals surface area contributed by atoms with Gasteiger partial charge in [0.05, 0.1) is 0 Å². The standard InChI is InChI=1S/C16H20N2/c1-12-5-4-10-18(12)16-9-8-13(11-17)14-6-2-3-7-15(14)16/h2-3,6-9,12H,4-5,10-11,17H2,1H3. The summed E-state index contributed by atoms with van der Waals surface area (Å²) in [7, 11) is 0. The van der Waals surface area contributed by atoms with E-state index in [-0.39, 0.29) is 0 Å². The lowest BCUT2D eigenvalue weighted by Gasteiger charge is -2.26. The second-order valence-corrected chi connectivity index (χ2v) is 5.18. The van der Waals surface area contributed by atoms with Crippen LogP contribution in [0.4, 0.5) is 5.69 Å². The van der Waals surface area contributed by atoms with Crippen LogP contribution in [0.2, 0.25) is 0 Å². The fourth-order valence-corrected chi connectivity index (χ4v) is 3.07. The normalized spacial score (nSPS) is 19.7. The van der Waals surface area contributed by atoms with Crippen LogP contribution in [0.3, 0.4) is 0 Å². The number of fused-ring (bicyclic) bond motifs is 1. The van der Waals surface area contributed by atoms with Crippen LogP contribution in [-0.2, 0) is 6.54 Å². The third kappa shape index (κ3) is 1.77. The van der Waals surface area contributed by atoms with Gasteiger partial charge in [-0.1, -0.05) is 30.3 Å². The molecule has 94 valence electrons. The molecular weight excluding hydrogens is 220 g/mol. The lowest BCUT2D eigenvalue weighted by molar-refractivity contribution is 0.737. The van der Waals surface area contributed by atoms with Crippen LogP contribution < -0.4 is 10.6 Å². The molecule has 1 unspecified atom stereocenters. The first-order valence-corrected chi connectivity index (χ1v) is 6.78. The van der Waals surface area contributed by atoms with E-state index in [1.54, 1.807) is 0 Å². The Morgan fingerprint density at radius 2 is 1.94 bits per heavy atom. The van der Waals surface area contributed by atoms with Crippen LogP contribution in [0.15, 0.2) is 36.4 Å². The maximum absolute atomic E-state index is 5.83. The predicted octanol–water partition coefficient (Wildman–Crippen LogP) is 3.29. The van der Waals surface area contributed by atoms with E-state index >= 15 is 0 Å². The molecule has 1 saturated heterocycles. The van der Waals surface area contributed by atoms with Gasteiger partial charge in [0.25, 0.3) is 0 Å². The van der Waals surface area contributed by atoms with Crippen molar-refractivity contribution in [3.05, 3.63) is 42.0 Å². The molecule has 2 N–H and O–H groups in total. The molecular formula is C16H20N2. The largest absolute Gasteiger partial charge is 0.368 e. The molecule has 2 heteroatoms. The summed E-state index contributed by atoms with van der Waals surface area (Å²) >= 11 is 0. The van der Waals surface area contributed by atoms with Gasteiger partial charge in [-0.05, 0) is 36.8 Å². The van der Waals surface area contributed by atoms with Gasteiger partial charge in [0.1, 0.15) is 0 Å². The van der Waals surface area contributed by atoms with E-state index < -0.39 is 0 Å². The molecule has 2 nitrogen and oxygen atoms in total. The minimum Gasteiger partial charge on any atom is -0.368 e. The SMILES string of the molecule is CC1CCCN1c1ccc(CN)c2ccccc12. The van der Waals surface area contributed by atoms with Crippen molar-refractivity contribution in [1.29, 1.82) is 0 Å². The van der Waals surface area contributed by atoms with E-state index in [9.17, 15) is 0 Å². The molecule has 18 heavy (non-hydrogen) atoms. The first-order chi connectivity index (χ1) is 8.81. The van der Waals surface area contributed by atoms with Gasteiger partial charge in [-0.3, -0.25) is 0 Å². The van der Waals surface area contributed by atoms with Crippen molar-refractivity contribution >= 4 is 16.5 Å². The van der Waals surface area contributed by atoms with E-state index in [1.165, 1.54) is 41.4 Å². The molecule has 3 rings (SSSR count). The Kier molecular flexibility index (Phi) is 2.96. The van der Waals surface area contributed by atoms with Gasteiger partial charge in [-0.2, -0.15) is 0 Å². The van der Waals surface area contributed by atoms with Crippen LogP contribution in [-0.4, -0.2) is 12.6 Å². The summed E-state index contributed by atoms with van der Waals surface area (Å²) in [4.78, 5) is 2.53. The summed E-state index contributed by atoms with van der Waals surface area (Å²) in [5.41, 5.74) is 8.44. The second-order valence-electron chi connectivity index (χ2n) is 5.18. The van der Waals surface area contributed by atoms with Gasteiger partial charge >= 0.3 is 0 Å². The highest BCUT2D eigenvalue weighted by Gasteiger charge is 2.22. The third-order valence-electron chi connectivity index (χ3n) is 4.07. The van der Waals surface area contributed by atoms with E-state index in [1.807, 2.05) is 0 Å². The summed E-state index contributed by atoms with van der Waals surface area (Å²) in [6.45, 7) is 4.10. The lowest BCUT2D eigenvalue weighted by atomic mass is 10.0. The van der Waals surface area contributed by atoms with Crippen LogP contribution in [0.5, 0.6) is 0 Å². The number of nitrogens with two attached hydrogens (primary N) is 1. The molecule has 1 heterocycles. The molecule has 0 amide bonds. The second kappa shape index (κ2) is 4.62. The maximum Gasteiger partial charge on any atom is 0.0448 e. The van der Waals surface area contributed by atoms with E-state index in [2.05, 4.69) is 48.2 Å². The highest BCUT2D eigenvalue weighted by Crippen LogP contribution is 2.33. The molecule has 0 aromatic heterocycles. The topological polar surface area (TPSA) is 29.3 Å². The molecule has 2 aromatic carbocycles. The average molecular weight is 240 g/mol. The number of hydrogen-bond acceptors (Lipinski definition) is 2. The van der Waals surface area contributed by atoms with Crippen LogP contribution in [0, 0.1) is 0 Å². The minimum absolute atomic E-state index is 0.607. The van der Waals surface area contributed by atoms with Gasteiger partial charge in [0.2, 0.25) is 0 Å². The lowest BCUT2D eigenvalue weighted by Crippen LogP contribution is -2.26. The quantitative estimate of drug-likeness (QED) is 0.872. The Balaban J connectivity index is 2.18. The maximum atomic E-state index is 5.83. The molecule has 0 radical (unpaired) electrons. The predicted molar refractivity (Wildman–Crippen MR) is 77.9 cm³/mol. The zero-order valence-electron chi connectivity index (χ0n) is 10.9. The highest BCUT2D eigenvalue weighted by atomic mass is 15.2. The Morgan fingerprint density at radius 1 is 1.17 bits per heavy atom. The Labute approximate surface area is 108 Å². The van der Waals surface area contributed by atoms with E-state index in [0.29, 0.717) is 12.6 Å². The van der Waals surface area contributed by atoms with Crippen molar-refractivity contribution < 1.29 is 0 Å². The summed E-state index contributed by atoms with van der Waals surface area (Å²) in [5, 5.41) is 2.64. The zero-order chi connectivity index (χ0) is 12.5. The fourth-order valence-electron chi connectivity index (χ4n) is 3.07. The van der Waals surface area contributed by atoms with Crippen LogP contribution in [0.25, 0.3) is 10.8 Å². The smallest absolute Gasteiger partial charge is 0.0448 e. The fraction of sp³-hybridized carbons (Fsp3) is 0.375. The van der Waals surface area contributed by atoms with Crippen molar-refractivity contribution in [3.63, 3.8) is 0 Å². The van der Waals surface area contributed by atoms with Gasteiger partial charge in [-0.25, -0.2) is 0 Å². The van der Waals surface area contributed by atoms with Gasteiger partial charge in [-0.15, -0.1) is 0 Å². The van der Waals surface area contributed by atoms with Crippen molar-refractivity contribution in [2.45, 2.75) is 32.4 Å². The Bertz CT molecular complexity index is 562. The van der Waals surface area contributed by atoms with E-state index in [4.69, 9.17) is 5.73 Å². The van der Waals surface area contributed by atoms with Crippen LogP contribution in [0.1, 0.15) is 25.3 Å². The molecule has 0 spiro atoms. The number of anilines is 1. The molecule has 1 atom stereocenters. The zero-order valence-corrected chi connectivity index (χ0v) is 10.9. The van der Waals surface area contributed by atoms with E-state index in [0.717, 1.165) is 0 Å². The summed E-state index contributed by atoms with van der Waals surface area (Å²) < 4.78 is 0.